The number of hydrogen-bond acceptors (Lipinski definition) is 3. The van der Waals surface area contributed by atoms with E-state index < -0.39 is 0 Å². The monoisotopic (exact) mass is 209 g/mol. The number of rotatable bonds is 2. The molecule has 0 aliphatic heterocycles. The Kier molecular flexibility index (Phi) is 7.24. The van der Waals surface area contributed by atoms with Gasteiger partial charge in [0.15, 0.2) is 0 Å². The second-order valence-corrected chi connectivity index (χ2v) is 3.07. The van der Waals surface area contributed by atoms with Crippen molar-refractivity contribution in [2.75, 3.05) is 7.11 Å². The third-order valence-electron chi connectivity index (χ3n) is 1.56. The predicted molar refractivity (Wildman–Crippen MR) is 60.9 cm³/mol. The highest BCUT2D eigenvalue weighted by molar-refractivity contribution is 5.87. The van der Waals surface area contributed by atoms with Crippen molar-refractivity contribution in [2.24, 2.45) is 0 Å². The van der Waals surface area contributed by atoms with Crippen molar-refractivity contribution >= 4 is 5.97 Å². The first-order valence-electron chi connectivity index (χ1n) is 5.23. The molecule has 1 aromatic heterocycles. The third-order valence-corrected chi connectivity index (χ3v) is 1.56. The number of esters is 1. The fraction of sp³-hybridized carbons (Fsp3) is 0.500. The molecule has 1 aromatic rings. The summed E-state index contributed by atoms with van der Waals surface area (Å²) < 4.78 is 4.53. The summed E-state index contributed by atoms with van der Waals surface area (Å²) in [4.78, 5) is 15.1. The summed E-state index contributed by atoms with van der Waals surface area (Å²) in [5.74, 6) is -0.384. The van der Waals surface area contributed by atoms with Gasteiger partial charge in [-0.3, -0.25) is 0 Å². The van der Waals surface area contributed by atoms with Crippen LogP contribution < -0.4 is 0 Å². The van der Waals surface area contributed by atoms with Gasteiger partial charge in [0.2, 0.25) is 0 Å². The lowest BCUT2D eigenvalue weighted by Gasteiger charge is -1.99. The summed E-state index contributed by atoms with van der Waals surface area (Å²) in [6.45, 7) is 6.24. The van der Waals surface area contributed by atoms with E-state index in [1.807, 2.05) is 13.0 Å². The Bertz CT molecular complexity index is 297. The van der Waals surface area contributed by atoms with Crippen LogP contribution in [0.15, 0.2) is 18.2 Å². The van der Waals surface area contributed by atoms with Crippen molar-refractivity contribution in [3.8, 4) is 0 Å². The van der Waals surface area contributed by atoms with Crippen LogP contribution in [0.3, 0.4) is 0 Å². The molecule has 84 valence electrons. The average Bonchev–Trinajstić information content (AvgIpc) is 2.29. The van der Waals surface area contributed by atoms with E-state index in [1.165, 1.54) is 13.5 Å². The predicted octanol–water partition coefficient (Wildman–Crippen LogP) is 2.85. The third kappa shape index (κ3) is 5.15. The zero-order chi connectivity index (χ0) is 11.7. The van der Waals surface area contributed by atoms with E-state index in [4.69, 9.17) is 0 Å². The fourth-order valence-corrected chi connectivity index (χ4v) is 0.895. The number of methoxy groups -OCH3 is 1. The number of pyridine rings is 1. The van der Waals surface area contributed by atoms with Crippen LogP contribution >= 0.6 is 0 Å². The van der Waals surface area contributed by atoms with Crippen LogP contribution in [-0.2, 0) is 11.2 Å². The molecule has 0 amide bonds. The number of ether oxygens (including phenoxy) is 1. The molecule has 0 spiro atoms. The Balaban J connectivity index is 0.000000583. The molecule has 1 rings (SSSR count). The molecule has 0 unspecified atom stereocenters. The van der Waals surface area contributed by atoms with Crippen LogP contribution in [0.5, 0.6) is 0 Å². The minimum absolute atomic E-state index is 0.372. The molecule has 0 saturated carbocycles. The van der Waals surface area contributed by atoms with Crippen molar-refractivity contribution in [1.82, 2.24) is 4.98 Å². The zero-order valence-electron chi connectivity index (χ0n) is 9.91. The average molecular weight is 209 g/mol. The molecule has 0 aliphatic rings. The van der Waals surface area contributed by atoms with Crippen molar-refractivity contribution in [3.05, 3.63) is 29.6 Å². The van der Waals surface area contributed by atoms with Crippen LogP contribution in [0.25, 0.3) is 0 Å². The van der Waals surface area contributed by atoms with Crippen LogP contribution in [0.1, 0.15) is 43.4 Å². The van der Waals surface area contributed by atoms with Gasteiger partial charge in [-0.15, -0.1) is 0 Å². The molecular formula is C12H19NO2. The maximum atomic E-state index is 11.0. The molecule has 0 fully saturated rings. The van der Waals surface area contributed by atoms with Crippen molar-refractivity contribution < 1.29 is 9.53 Å². The topological polar surface area (TPSA) is 39.2 Å². The SMILES string of the molecule is CCC.CCc1cccc(C(=O)OC)n1. The normalized spacial score (nSPS) is 8.80. The summed E-state index contributed by atoms with van der Waals surface area (Å²) in [6, 6.07) is 5.33. The Hall–Kier alpha value is -1.38. The van der Waals surface area contributed by atoms with Gasteiger partial charge in [-0.05, 0) is 18.6 Å². The standard InChI is InChI=1S/C9H11NO2.C3H8/c1-3-7-5-4-6-8(10-7)9(11)12-2;1-3-2/h4-6H,3H2,1-2H3;3H2,1-2H3. The van der Waals surface area contributed by atoms with E-state index in [0.717, 1.165) is 12.1 Å². The Morgan fingerprint density at radius 1 is 1.33 bits per heavy atom. The number of nitrogens with zero attached hydrogens (tertiary/aromatic N) is 1. The number of hydrogen-bond donors (Lipinski definition) is 0. The van der Waals surface area contributed by atoms with Gasteiger partial charge in [-0.1, -0.05) is 33.3 Å². The van der Waals surface area contributed by atoms with E-state index in [1.54, 1.807) is 12.1 Å². The molecular weight excluding hydrogens is 190 g/mol. The summed E-state index contributed by atoms with van der Waals surface area (Å²) in [5.41, 5.74) is 1.27. The van der Waals surface area contributed by atoms with E-state index in [2.05, 4.69) is 23.6 Å². The van der Waals surface area contributed by atoms with Crippen LogP contribution in [0.2, 0.25) is 0 Å². The first-order chi connectivity index (χ1) is 7.19. The molecule has 0 aromatic carbocycles. The van der Waals surface area contributed by atoms with Gasteiger partial charge in [-0.25, -0.2) is 9.78 Å². The van der Waals surface area contributed by atoms with Gasteiger partial charge < -0.3 is 4.74 Å². The maximum absolute atomic E-state index is 11.0. The summed E-state index contributed by atoms with van der Waals surface area (Å²) in [7, 11) is 1.35. The zero-order valence-corrected chi connectivity index (χ0v) is 9.91. The number of carbonyl (C=O) groups excluding carboxylic acids is 1. The van der Waals surface area contributed by atoms with Gasteiger partial charge in [0.1, 0.15) is 5.69 Å². The lowest BCUT2D eigenvalue weighted by molar-refractivity contribution is 0.0593. The van der Waals surface area contributed by atoms with Gasteiger partial charge in [-0.2, -0.15) is 0 Å². The second kappa shape index (κ2) is 7.97. The van der Waals surface area contributed by atoms with E-state index in [9.17, 15) is 4.79 Å². The Morgan fingerprint density at radius 3 is 2.40 bits per heavy atom. The molecule has 0 saturated heterocycles. The maximum Gasteiger partial charge on any atom is 0.356 e. The van der Waals surface area contributed by atoms with Crippen molar-refractivity contribution in [2.45, 2.75) is 33.6 Å². The van der Waals surface area contributed by atoms with E-state index in [0.29, 0.717) is 5.69 Å². The molecule has 1 heterocycles. The Labute approximate surface area is 91.5 Å². The minimum Gasteiger partial charge on any atom is -0.464 e. The molecule has 0 bridgehead atoms. The summed E-state index contributed by atoms with van der Waals surface area (Å²) >= 11 is 0. The molecule has 0 atom stereocenters. The molecule has 3 nitrogen and oxygen atoms in total. The molecule has 0 radical (unpaired) electrons. The smallest absolute Gasteiger partial charge is 0.356 e. The van der Waals surface area contributed by atoms with Crippen LogP contribution in [0, 0.1) is 0 Å². The molecule has 0 N–H and O–H groups in total. The molecule has 15 heavy (non-hydrogen) atoms. The summed E-state index contributed by atoms with van der Waals surface area (Å²) in [5, 5.41) is 0. The highest BCUT2D eigenvalue weighted by Crippen LogP contribution is 2.01. The quantitative estimate of drug-likeness (QED) is 0.703. The second-order valence-electron chi connectivity index (χ2n) is 3.07. The van der Waals surface area contributed by atoms with Gasteiger partial charge in [0.05, 0.1) is 7.11 Å². The summed E-state index contributed by atoms with van der Waals surface area (Å²) in [6.07, 6.45) is 2.07. The van der Waals surface area contributed by atoms with Crippen molar-refractivity contribution in [3.63, 3.8) is 0 Å². The van der Waals surface area contributed by atoms with E-state index >= 15 is 0 Å². The van der Waals surface area contributed by atoms with E-state index in [-0.39, 0.29) is 5.97 Å². The van der Waals surface area contributed by atoms with Crippen molar-refractivity contribution in [1.29, 1.82) is 0 Å². The number of carbonyl (C=O) groups is 1. The first-order valence-corrected chi connectivity index (χ1v) is 5.23. The van der Waals surface area contributed by atoms with Gasteiger partial charge in [0.25, 0.3) is 0 Å². The highest BCUT2D eigenvalue weighted by atomic mass is 16.5. The van der Waals surface area contributed by atoms with Gasteiger partial charge in [0, 0.05) is 5.69 Å². The minimum atomic E-state index is -0.384. The highest BCUT2D eigenvalue weighted by Gasteiger charge is 2.05. The largest absolute Gasteiger partial charge is 0.464 e. The number of aromatic nitrogens is 1. The lowest BCUT2D eigenvalue weighted by atomic mass is 10.2. The molecule has 3 heteroatoms. The lowest BCUT2D eigenvalue weighted by Crippen LogP contribution is -2.05. The van der Waals surface area contributed by atoms with Gasteiger partial charge >= 0.3 is 5.97 Å². The number of aryl methyl sites for hydroxylation is 1. The first kappa shape index (κ1) is 13.6. The fourth-order valence-electron chi connectivity index (χ4n) is 0.895. The van der Waals surface area contributed by atoms with Crippen LogP contribution in [-0.4, -0.2) is 18.1 Å². The molecule has 0 aliphatic carbocycles. The Morgan fingerprint density at radius 2 is 1.93 bits per heavy atom. The van der Waals surface area contributed by atoms with Crippen LogP contribution in [0.4, 0.5) is 0 Å².